The van der Waals surface area contributed by atoms with Crippen LogP contribution >= 0.6 is 0 Å². The predicted octanol–water partition coefficient (Wildman–Crippen LogP) is 1.26. The van der Waals surface area contributed by atoms with Crippen molar-refractivity contribution in [3.05, 3.63) is 29.6 Å². The Morgan fingerprint density at radius 3 is 2.24 bits per heavy atom. The minimum atomic E-state index is -0.148. The molecule has 0 aliphatic carbocycles. The molecule has 1 fully saturated rings. The van der Waals surface area contributed by atoms with E-state index in [9.17, 15) is 14.4 Å². The maximum Gasteiger partial charge on any atom is 0.255 e. The van der Waals surface area contributed by atoms with Crippen molar-refractivity contribution in [1.29, 1.82) is 0 Å². The van der Waals surface area contributed by atoms with Crippen molar-refractivity contribution < 1.29 is 14.4 Å². The molecule has 0 aromatic carbocycles. The molecule has 0 saturated carbocycles. The van der Waals surface area contributed by atoms with Gasteiger partial charge < -0.3 is 14.7 Å². The van der Waals surface area contributed by atoms with Crippen LogP contribution in [0, 0.1) is 0 Å². The largest absolute Gasteiger partial charge is 0.342 e. The number of aromatic nitrogens is 1. The van der Waals surface area contributed by atoms with Crippen molar-refractivity contribution in [3.63, 3.8) is 0 Å². The molecule has 3 amide bonds. The van der Waals surface area contributed by atoms with Gasteiger partial charge in [0.05, 0.1) is 11.1 Å². The maximum atomic E-state index is 12.7. The van der Waals surface area contributed by atoms with Crippen LogP contribution in [-0.2, 0) is 4.79 Å². The molecule has 136 valence electrons. The van der Waals surface area contributed by atoms with Crippen LogP contribution in [0.25, 0.3) is 0 Å². The smallest absolute Gasteiger partial charge is 0.255 e. The molecule has 7 heteroatoms. The summed E-state index contributed by atoms with van der Waals surface area (Å²) in [6, 6.07) is 1.63. The van der Waals surface area contributed by atoms with Gasteiger partial charge in [0.2, 0.25) is 6.41 Å². The predicted molar refractivity (Wildman–Crippen MR) is 94.3 cm³/mol. The van der Waals surface area contributed by atoms with Crippen molar-refractivity contribution in [2.45, 2.75) is 26.7 Å². The number of hydrogen-bond donors (Lipinski definition) is 0. The number of pyridine rings is 1. The molecule has 0 N–H and O–H groups in total. The Morgan fingerprint density at radius 1 is 1.08 bits per heavy atom. The summed E-state index contributed by atoms with van der Waals surface area (Å²) in [6.07, 6.45) is 5.59. The monoisotopic (exact) mass is 346 g/mol. The second-order valence-corrected chi connectivity index (χ2v) is 6.19. The Morgan fingerprint density at radius 2 is 1.68 bits per heavy atom. The molecule has 0 spiro atoms. The summed E-state index contributed by atoms with van der Waals surface area (Å²) in [6.45, 7) is 7.50. The minimum absolute atomic E-state index is 0.0865. The number of rotatable bonds is 7. The average molecular weight is 346 g/mol. The fourth-order valence-electron chi connectivity index (χ4n) is 2.92. The fraction of sp³-hybridized carbons (Fsp3) is 0.556. The van der Waals surface area contributed by atoms with Gasteiger partial charge in [0, 0.05) is 51.7 Å². The molecule has 0 atom stereocenters. The van der Waals surface area contributed by atoms with Gasteiger partial charge in [-0.05, 0) is 18.9 Å². The van der Waals surface area contributed by atoms with E-state index >= 15 is 0 Å². The molecule has 7 nitrogen and oxygen atoms in total. The fourth-order valence-corrected chi connectivity index (χ4v) is 2.92. The second kappa shape index (κ2) is 9.15. The zero-order chi connectivity index (χ0) is 18.2. The van der Waals surface area contributed by atoms with Gasteiger partial charge in [0.1, 0.15) is 0 Å². The Hall–Kier alpha value is -2.44. The summed E-state index contributed by atoms with van der Waals surface area (Å²) in [5.74, 6) is -0.234. The van der Waals surface area contributed by atoms with Crippen LogP contribution in [0.5, 0.6) is 0 Å². The zero-order valence-electron chi connectivity index (χ0n) is 15.0. The van der Waals surface area contributed by atoms with Crippen LogP contribution in [0.4, 0.5) is 0 Å². The van der Waals surface area contributed by atoms with Crippen LogP contribution in [0.15, 0.2) is 18.5 Å². The van der Waals surface area contributed by atoms with Gasteiger partial charge in [0.15, 0.2) is 0 Å². The lowest BCUT2D eigenvalue weighted by molar-refractivity contribution is -0.119. The summed E-state index contributed by atoms with van der Waals surface area (Å²) in [7, 11) is 0. The number of piperazine rings is 1. The number of nitrogens with zero attached hydrogens (tertiary/aromatic N) is 4. The van der Waals surface area contributed by atoms with E-state index < -0.39 is 0 Å². The topological polar surface area (TPSA) is 73.8 Å². The lowest BCUT2D eigenvalue weighted by Crippen LogP contribution is -2.48. The third kappa shape index (κ3) is 4.78. The number of amides is 3. The quantitative estimate of drug-likeness (QED) is 0.697. The summed E-state index contributed by atoms with van der Waals surface area (Å²) >= 11 is 0. The van der Waals surface area contributed by atoms with Crippen molar-refractivity contribution in [2.75, 3.05) is 39.3 Å². The van der Waals surface area contributed by atoms with E-state index in [4.69, 9.17) is 0 Å². The molecular weight excluding hydrogens is 320 g/mol. The third-order valence-corrected chi connectivity index (χ3v) is 4.26. The van der Waals surface area contributed by atoms with Crippen LogP contribution in [0.3, 0.4) is 0 Å². The van der Waals surface area contributed by atoms with Crippen molar-refractivity contribution >= 4 is 18.2 Å². The van der Waals surface area contributed by atoms with Gasteiger partial charge in [-0.25, -0.2) is 0 Å². The molecule has 1 aromatic heterocycles. The Labute approximate surface area is 148 Å². The van der Waals surface area contributed by atoms with E-state index in [-0.39, 0.29) is 11.8 Å². The Kier molecular flexibility index (Phi) is 6.91. The van der Waals surface area contributed by atoms with E-state index in [1.54, 1.807) is 20.8 Å². The summed E-state index contributed by atoms with van der Waals surface area (Å²) in [5, 5.41) is 0. The van der Waals surface area contributed by atoms with Crippen molar-refractivity contribution in [3.8, 4) is 0 Å². The highest BCUT2D eigenvalue weighted by Crippen LogP contribution is 2.12. The highest BCUT2D eigenvalue weighted by atomic mass is 16.2. The summed E-state index contributed by atoms with van der Waals surface area (Å²) in [5.41, 5.74) is 0.859. The zero-order valence-corrected chi connectivity index (χ0v) is 15.0. The highest BCUT2D eigenvalue weighted by Gasteiger charge is 2.23. The van der Waals surface area contributed by atoms with E-state index in [2.05, 4.69) is 4.98 Å². The first kappa shape index (κ1) is 18.9. The Bertz CT molecular complexity index is 606. The SMILES string of the molecule is CCCN(CCC)C(=O)c1cncc(C(=O)N2CCN(C=O)CC2)c1. The first-order valence-electron chi connectivity index (χ1n) is 8.83. The minimum Gasteiger partial charge on any atom is -0.342 e. The van der Waals surface area contributed by atoms with Gasteiger partial charge in [-0.1, -0.05) is 13.8 Å². The van der Waals surface area contributed by atoms with Gasteiger partial charge in [-0.3, -0.25) is 19.4 Å². The molecule has 25 heavy (non-hydrogen) atoms. The molecule has 1 aliphatic heterocycles. The molecular formula is C18H26N4O3. The number of carbonyl (C=O) groups excluding carboxylic acids is 3. The average Bonchev–Trinajstić information content (AvgIpc) is 2.67. The second-order valence-electron chi connectivity index (χ2n) is 6.19. The normalized spacial score (nSPS) is 14.3. The molecule has 1 aliphatic rings. The van der Waals surface area contributed by atoms with Gasteiger partial charge >= 0.3 is 0 Å². The van der Waals surface area contributed by atoms with Crippen LogP contribution < -0.4 is 0 Å². The van der Waals surface area contributed by atoms with E-state index in [1.807, 2.05) is 13.8 Å². The summed E-state index contributed by atoms with van der Waals surface area (Å²) in [4.78, 5) is 45.3. The standard InChI is InChI=1S/C18H26N4O3/c1-3-5-21(6-4-2)17(24)15-11-16(13-19-12-15)18(25)22-9-7-20(14-23)8-10-22/h11-14H,3-10H2,1-2H3. The Balaban J connectivity index is 2.11. The lowest BCUT2D eigenvalue weighted by Gasteiger charge is -2.32. The number of hydrogen-bond acceptors (Lipinski definition) is 4. The van der Waals surface area contributed by atoms with Crippen LogP contribution in [-0.4, -0.2) is 77.2 Å². The van der Waals surface area contributed by atoms with Crippen molar-refractivity contribution in [1.82, 2.24) is 19.7 Å². The molecule has 0 unspecified atom stereocenters. The van der Waals surface area contributed by atoms with Crippen molar-refractivity contribution in [2.24, 2.45) is 0 Å². The van der Waals surface area contributed by atoms with Gasteiger partial charge in [-0.2, -0.15) is 0 Å². The molecule has 0 radical (unpaired) electrons. The third-order valence-electron chi connectivity index (χ3n) is 4.26. The molecule has 2 heterocycles. The molecule has 2 rings (SSSR count). The van der Waals surface area contributed by atoms with Gasteiger partial charge in [-0.15, -0.1) is 0 Å². The molecule has 0 bridgehead atoms. The van der Waals surface area contributed by atoms with E-state index in [0.717, 1.165) is 19.3 Å². The van der Waals surface area contributed by atoms with E-state index in [1.165, 1.54) is 12.4 Å². The highest BCUT2D eigenvalue weighted by molar-refractivity contribution is 5.99. The van der Waals surface area contributed by atoms with E-state index in [0.29, 0.717) is 50.4 Å². The van der Waals surface area contributed by atoms with Crippen LogP contribution in [0.2, 0.25) is 0 Å². The molecule has 1 saturated heterocycles. The first-order chi connectivity index (χ1) is 12.1. The summed E-state index contributed by atoms with van der Waals surface area (Å²) < 4.78 is 0. The molecule has 1 aromatic rings. The first-order valence-corrected chi connectivity index (χ1v) is 8.83. The van der Waals surface area contributed by atoms with Crippen LogP contribution in [0.1, 0.15) is 47.4 Å². The number of carbonyl (C=O) groups is 3. The maximum absolute atomic E-state index is 12.7. The van der Waals surface area contributed by atoms with Gasteiger partial charge in [0.25, 0.3) is 11.8 Å². The lowest BCUT2D eigenvalue weighted by atomic mass is 10.1.